The van der Waals surface area contributed by atoms with Crippen LogP contribution in [0.15, 0.2) is 35.3 Å². The molecule has 0 fully saturated rings. The van der Waals surface area contributed by atoms with Gasteiger partial charge in [0, 0.05) is 13.0 Å². The van der Waals surface area contributed by atoms with Gasteiger partial charge in [0.2, 0.25) is 35.4 Å². The minimum Gasteiger partial charge on any atom is -0.480 e. The maximum absolute atomic E-state index is 13.8. The second kappa shape index (κ2) is 24.2. The predicted molar refractivity (Wildman–Crippen MR) is 208 cm³/mol. The summed E-state index contributed by atoms with van der Waals surface area (Å²) in [5.74, 6) is -5.74. The van der Waals surface area contributed by atoms with Gasteiger partial charge in [0.25, 0.3) is 0 Å². The van der Waals surface area contributed by atoms with Gasteiger partial charge in [-0.1, -0.05) is 71.9 Å². The molecule has 13 N–H and O–H groups in total. The Bertz CT molecular complexity index is 1470. The summed E-state index contributed by atoms with van der Waals surface area (Å²) in [5.41, 5.74) is 17.4. The Hall–Kier alpha value is -5.26. The molecule has 0 aliphatic rings. The maximum atomic E-state index is 13.8. The number of nitrogens with zero attached hydrogens (tertiary/aromatic N) is 1. The van der Waals surface area contributed by atoms with E-state index in [-0.39, 0.29) is 50.0 Å². The number of rotatable bonds is 24. The average molecular weight is 775 g/mol. The van der Waals surface area contributed by atoms with E-state index in [9.17, 15) is 33.6 Å². The normalized spacial score (nSPS) is 14.4. The highest BCUT2D eigenvalue weighted by Gasteiger charge is 2.33. The third-order valence-electron chi connectivity index (χ3n) is 8.31. The molecule has 0 spiro atoms. The molecule has 1 aromatic carbocycles. The molecule has 0 aromatic heterocycles. The number of carbonyl (C=O) groups is 7. The molecule has 0 saturated heterocycles. The van der Waals surface area contributed by atoms with Crippen LogP contribution in [0.4, 0.5) is 0 Å². The number of hydrogen-bond donors (Lipinski definition) is 10. The van der Waals surface area contributed by atoms with Crippen molar-refractivity contribution in [3.63, 3.8) is 0 Å². The third kappa shape index (κ3) is 19.1. The van der Waals surface area contributed by atoms with Gasteiger partial charge in [0.1, 0.15) is 36.8 Å². The topological polar surface area (TPSA) is 302 Å². The number of carboxylic acid groups (broad SMARTS) is 1. The zero-order valence-corrected chi connectivity index (χ0v) is 33.0. The van der Waals surface area contributed by atoms with E-state index in [4.69, 9.17) is 22.3 Å². The van der Waals surface area contributed by atoms with Crippen molar-refractivity contribution in [2.75, 3.05) is 13.1 Å². The summed E-state index contributed by atoms with van der Waals surface area (Å²) in [6.45, 7) is 11.9. The first-order chi connectivity index (χ1) is 25.7. The van der Waals surface area contributed by atoms with Gasteiger partial charge in [0.05, 0.1) is 6.04 Å². The number of aliphatic carboxylic acids is 1. The molecule has 0 aliphatic heterocycles. The first-order valence-corrected chi connectivity index (χ1v) is 18.6. The van der Waals surface area contributed by atoms with Crippen LogP contribution in [0.1, 0.15) is 79.7 Å². The Morgan fingerprint density at radius 2 is 1.20 bits per heavy atom. The predicted octanol–water partition coefficient (Wildman–Crippen LogP) is -0.997. The monoisotopic (exact) mass is 774 g/mol. The molecule has 6 unspecified atom stereocenters. The van der Waals surface area contributed by atoms with Crippen molar-refractivity contribution < 1.29 is 38.7 Å². The molecule has 0 aliphatic carbocycles. The fraction of sp³-hybridized carbons (Fsp3) is 0.622. The lowest BCUT2D eigenvalue weighted by molar-refractivity contribution is -0.138. The summed E-state index contributed by atoms with van der Waals surface area (Å²) in [6.07, 6.45) is 1.20. The second-order valence-corrected chi connectivity index (χ2v) is 14.8. The fourth-order valence-corrected chi connectivity index (χ4v) is 5.41. The van der Waals surface area contributed by atoms with Crippen molar-refractivity contribution >= 4 is 47.4 Å². The molecule has 0 bridgehead atoms. The number of nitrogens with two attached hydrogens (primary N) is 3. The summed E-state index contributed by atoms with van der Waals surface area (Å²) in [7, 11) is 0. The molecule has 6 amide bonds. The van der Waals surface area contributed by atoms with Crippen LogP contribution in [0.25, 0.3) is 0 Å². The molecule has 0 radical (unpaired) electrons. The van der Waals surface area contributed by atoms with Crippen LogP contribution in [-0.4, -0.2) is 102 Å². The molecular weight excluding hydrogens is 712 g/mol. The summed E-state index contributed by atoms with van der Waals surface area (Å²) < 4.78 is 0. The van der Waals surface area contributed by atoms with Crippen LogP contribution in [-0.2, 0) is 40.0 Å². The lowest BCUT2D eigenvalue weighted by Gasteiger charge is -2.29. The zero-order valence-electron chi connectivity index (χ0n) is 33.0. The largest absolute Gasteiger partial charge is 0.480 e. The van der Waals surface area contributed by atoms with Crippen molar-refractivity contribution in [2.24, 2.45) is 39.9 Å². The number of carbonyl (C=O) groups excluding carboxylic acids is 6. The van der Waals surface area contributed by atoms with Crippen molar-refractivity contribution in [1.82, 2.24) is 31.9 Å². The number of guanidine groups is 1. The molecule has 308 valence electrons. The van der Waals surface area contributed by atoms with Crippen molar-refractivity contribution in [3.8, 4) is 0 Å². The molecule has 18 heteroatoms. The smallest absolute Gasteiger partial charge is 0.322 e. The van der Waals surface area contributed by atoms with E-state index in [0.29, 0.717) is 12.0 Å². The molecule has 55 heavy (non-hydrogen) atoms. The van der Waals surface area contributed by atoms with E-state index in [2.05, 4.69) is 36.9 Å². The Kier molecular flexibility index (Phi) is 21.0. The van der Waals surface area contributed by atoms with Gasteiger partial charge in [-0.15, -0.1) is 0 Å². The SMILES string of the molecule is CC(C)CC(NC(=O)C(N)CCCN=C(N)N)C(=O)NC(C(=O)NC(Cc1ccccc1)C(=O)NC(C)C(=O)NC(CC(C)C)C(=O)NCC(=O)O)C(C)C. The molecule has 0 heterocycles. The van der Waals surface area contributed by atoms with E-state index < -0.39 is 90.1 Å². The van der Waals surface area contributed by atoms with Crippen LogP contribution in [0.2, 0.25) is 0 Å². The number of hydrogen-bond acceptors (Lipinski definition) is 9. The van der Waals surface area contributed by atoms with E-state index in [1.165, 1.54) is 6.92 Å². The Labute approximate surface area is 323 Å². The minimum atomic E-state index is -1.25. The van der Waals surface area contributed by atoms with Gasteiger partial charge in [0.15, 0.2) is 5.96 Å². The van der Waals surface area contributed by atoms with E-state index in [0.717, 1.165) is 0 Å². The Balaban J connectivity index is 3.18. The number of aliphatic imine (C=N–C) groups is 1. The highest BCUT2D eigenvalue weighted by Crippen LogP contribution is 2.11. The van der Waals surface area contributed by atoms with Crippen LogP contribution >= 0.6 is 0 Å². The lowest BCUT2D eigenvalue weighted by atomic mass is 9.98. The lowest BCUT2D eigenvalue weighted by Crippen LogP contribution is -2.60. The Morgan fingerprint density at radius 1 is 0.673 bits per heavy atom. The molecule has 18 nitrogen and oxygen atoms in total. The first-order valence-electron chi connectivity index (χ1n) is 18.6. The number of nitrogens with one attached hydrogen (secondary N) is 6. The molecule has 1 rings (SSSR count). The van der Waals surface area contributed by atoms with Crippen LogP contribution in [0.3, 0.4) is 0 Å². The van der Waals surface area contributed by atoms with Crippen LogP contribution < -0.4 is 49.1 Å². The highest BCUT2D eigenvalue weighted by molar-refractivity contribution is 5.97. The fourth-order valence-electron chi connectivity index (χ4n) is 5.41. The van der Waals surface area contributed by atoms with Gasteiger partial charge in [-0.05, 0) is 55.9 Å². The van der Waals surface area contributed by atoms with Gasteiger partial charge in [-0.2, -0.15) is 0 Å². The van der Waals surface area contributed by atoms with Crippen LogP contribution in [0.5, 0.6) is 0 Å². The van der Waals surface area contributed by atoms with Crippen molar-refractivity contribution in [1.29, 1.82) is 0 Å². The molecule has 1 aromatic rings. The molecule has 6 atom stereocenters. The summed E-state index contributed by atoms with van der Waals surface area (Å²) in [5, 5.41) is 24.6. The zero-order chi connectivity index (χ0) is 41.8. The quantitative estimate of drug-likeness (QED) is 0.0345. The highest BCUT2D eigenvalue weighted by atomic mass is 16.4. The number of amides is 6. The molecular formula is C37H62N10O8. The van der Waals surface area contributed by atoms with Crippen molar-refractivity contribution in [2.45, 2.75) is 117 Å². The van der Waals surface area contributed by atoms with Crippen LogP contribution in [0, 0.1) is 17.8 Å². The third-order valence-corrected chi connectivity index (χ3v) is 8.31. The average Bonchev–Trinajstić information content (AvgIpc) is 3.09. The number of carboxylic acids is 1. The van der Waals surface area contributed by atoms with Gasteiger partial charge in [-0.25, -0.2) is 0 Å². The summed E-state index contributed by atoms with van der Waals surface area (Å²) >= 11 is 0. The minimum absolute atomic E-state index is 0.0154. The first kappa shape index (κ1) is 47.8. The summed E-state index contributed by atoms with van der Waals surface area (Å²) in [6, 6.07) is 2.36. The number of benzene rings is 1. The maximum Gasteiger partial charge on any atom is 0.322 e. The van der Waals surface area contributed by atoms with Gasteiger partial charge < -0.3 is 54.2 Å². The second-order valence-electron chi connectivity index (χ2n) is 14.8. The van der Waals surface area contributed by atoms with Gasteiger partial charge >= 0.3 is 5.97 Å². The molecule has 0 saturated carbocycles. The van der Waals surface area contributed by atoms with Crippen molar-refractivity contribution in [3.05, 3.63) is 35.9 Å². The van der Waals surface area contributed by atoms with E-state index >= 15 is 0 Å². The summed E-state index contributed by atoms with van der Waals surface area (Å²) in [4.78, 5) is 94.8. The van der Waals surface area contributed by atoms with E-state index in [1.54, 1.807) is 44.2 Å². The van der Waals surface area contributed by atoms with Gasteiger partial charge in [-0.3, -0.25) is 38.6 Å². The van der Waals surface area contributed by atoms with E-state index in [1.807, 2.05) is 27.7 Å². The standard InChI is InChI=1S/C37H62N10O8/c1-20(2)16-26(33(52)42-19-29(48)49)44-31(50)23(7)43-34(53)28(18-24-12-9-8-10-13-24)46-36(55)30(22(5)6)47-35(54)27(17-21(3)4)45-32(51)25(38)14-11-15-41-37(39)40/h8-10,12-13,20-23,25-28,30H,11,14-19,38H2,1-7H3,(H,42,52)(H,43,53)(H,44,50)(H,45,51)(H,46,55)(H,47,54)(H,48,49)(H4,39,40,41). The Morgan fingerprint density at radius 3 is 1.73 bits per heavy atom.